The molecular weight excluding hydrogens is 306 g/mol. The number of nitrogens with two attached hydrogens (primary N) is 1. The van der Waals surface area contributed by atoms with Gasteiger partial charge in [-0.3, -0.25) is 0 Å². The maximum Gasteiger partial charge on any atom is 0.0878 e. The summed E-state index contributed by atoms with van der Waals surface area (Å²) >= 11 is 0. The molecule has 0 radical (unpaired) electrons. The molecule has 2 nitrogen and oxygen atoms in total. The molecule has 0 bridgehead atoms. The van der Waals surface area contributed by atoms with Gasteiger partial charge in [-0.2, -0.15) is 0 Å². The molecule has 2 heteroatoms. The third kappa shape index (κ3) is 3.43. The maximum atomic E-state index is 6.38. The van der Waals surface area contributed by atoms with Crippen molar-refractivity contribution in [3.63, 3.8) is 0 Å². The lowest BCUT2D eigenvalue weighted by molar-refractivity contribution is 0.000682. The van der Waals surface area contributed by atoms with E-state index in [9.17, 15) is 0 Å². The fraction of sp³-hybridized carbons (Fsp3) is 1.00. The Hall–Kier alpha value is -0.0800. The predicted molar refractivity (Wildman–Crippen MR) is 104 cm³/mol. The summed E-state index contributed by atoms with van der Waals surface area (Å²) < 4.78 is 6.38. The summed E-state index contributed by atoms with van der Waals surface area (Å²) in [5.41, 5.74) is 6.13. The second-order valence-electron chi connectivity index (χ2n) is 9.90. The van der Waals surface area contributed by atoms with Crippen LogP contribution < -0.4 is 5.73 Å². The fourth-order valence-electron chi connectivity index (χ4n) is 7.43. The first-order valence-electron chi connectivity index (χ1n) is 11.6. The van der Waals surface area contributed by atoms with Crippen molar-refractivity contribution in [3.05, 3.63) is 0 Å². The van der Waals surface area contributed by atoms with E-state index < -0.39 is 0 Å². The largest absolute Gasteiger partial charge is 0.369 e. The second-order valence-corrected chi connectivity index (χ2v) is 9.90. The van der Waals surface area contributed by atoms with E-state index in [0.29, 0.717) is 18.2 Å². The third-order valence-corrected chi connectivity index (χ3v) is 8.61. The quantitative estimate of drug-likeness (QED) is 0.645. The summed E-state index contributed by atoms with van der Waals surface area (Å²) in [4.78, 5) is 0. The molecule has 0 aromatic carbocycles. The molecule has 0 amide bonds. The van der Waals surface area contributed by atoms with E-state index in [0.717, 1.165) is 41.4 Å². The lowest BCUT2D eigenvalue weighted by Gasteiger charge is -2.50. The molecular formula is C23H41NO. The Labute approximate surface area is 155 Å². The molecule has 0 aromatic rings. The van der Waals surface area contributed by atoms with Crippen LogP contribution in [0.4, 0.5) is 0 Å². The Bertz CT molecular complexity index is 443. The minimum absolute atomic E-state index is 0.484. The van der Waals surface area contributed by atoms with Crippen LogP contribution in [0, 0.1) is 41.4 Å². The van der Waals surface area contributed by atoms with Gasteiger partial charge in [0.1, 0.15) is 0 Å². The van der Waals surface area contributed by atoms with E-state index in [1.807, 2.05) is 13.8 Å². The molecule has 8 atom stereocenters. The molecule has 2 N–H and O–H groups in total. The highest BCUT2D eigenvalue weighted by Crippen LogP contribution is 2.60. The molecule has 144 valence electrons. The Morgan fingerprint density at radius 1 is 0.680 bits per heavy atom. The van der Waals surface area contributed by atoms with Crippen LogP contribution in [-0.2, 0) is 4.74 Å². The van der Waals surface area contributed by atoms with E-state index in [1.165, 1.54) is 64.2 Å². The zero-order valence-electron chi connectivity index (χ0n) is 16.8. The highest BCUT2D eigenvalue weighted by molar-refractivity contribution is 5.09. The first-order valence-corrected chi connectivity index (χ1v) is 11.6. The summed E-state index contributed by atoms with van der Waals surface area (Å²) in [5.74, 6) is 6.77. The number of hydrogen-bond acceptors (Lipinski definition) is 2. The van der Waals surface area contributed by atoms with Gasteiger partial charge in [-0.1, -0.05) is 27.2 Å². The molecule has 5 aliphatic rings. The van der Waals surface area contributed by atoms with Gasteiger partial charge in [-0.25, -0.2) is 0 Å². The van der Waals surface area contributed by atoms with Gasteiger partial charge in [0, 0.05) is 6.04 Å². The molecule has 5 fully saturated rings. The predicted octanol–water partition coefficient (Wildman–Crippen LogP) is 5.40. The van der Waals surface area contributed by atoms with Crippen LogP contribution in [0.1, 0.15) is 85.0 Å². The standard InChI is InChI=1S/C21H35NO.C2H6/c1-12-2-9-17-14(10-12)3-4-15-11-18(20-21(23-20)19(15)17)13-5-7-16(22)8-6-13;1-2/h12-21H,2-11,22H2,1H3;1-2H3. The van der Waals surface area contributed by atoms with E-state index in [4.69, 9.17) is 10.5 Å². The lowest BCUT2D eigenvalue weighted by atomic mass is 9.54. The van der Waals surface area contributed by atoms with Crippen molar-refractivity contribution in [2.45, 2.75) is 103 Å². The van der Waals surface area contributed by atoms with Crippen molar-refractivity contribution in [1.29, 1.82) is 0 Å². The second kappa shape index (κ2) is 7.50. The molecule has 4 aliphatic carbocycles. The van der Waals surface area contributed by atoms with Crippen molar-refractivity contribution in [1.82, 2.24) is 0 Å². The Morgan fingerprint density at radius 2 is 1.36 bits per heavy atom. The van der Waals surface area contributed by atoms with E-state index in [-0.39, 0.29) is 0 Å². The van der Waals surface area contributed by atoms with Crippen LogP contribution in [0.25, 0.3) is 0 Å². The Balaban J connectivity index is 0.000000758. The minimum Gasteiger partial charge on any atom is -0.369 e. The van der Waals surface area contributed by atoms with Crippen LogP contribution >= 0.6 is 0 Å². The summed E-state index contributed by atoms with van der Waals surface area (Å²) in [7, 11) is 0. The molecule has 1 heterocycles. The average molecular weight is 348 g/mol. The first kappa shape index (κ1) is 18.3. The van der Waals surface area contributed by atoms with Gasteiger partial charge in [0.25, 0.3) is 0 Å². The average Bonchev–Trinajstić information content (AvgIpc) is 3.43. The summed E-state index contributed by atoms with van der Waals surface area (Å²) in [5, 5.41) is 0. The van der Waals surface area contributed by atoms with Gasteiger partial charge in [0.05, 0.1) is 12.2 Å². The van der Waals surface area contributed by atoms with E-state index in [2.05, 4.69) is 6.92 Å². The summed E-state index contributed by atoms with van der Waals surface area (Å²) in [6.07, 6.45) is 15.6. The zero-order valence-corrected chi connectivity index (χ0v) is 16.8. The number of rotatable bonds is 1. The van der Waals surface area contributed by atoms with Crippen molar-refractivity contribution < 1.29 is 4.74 Å². The van der Waals surface area contributed by atoms with Gasteiger partial charge in [-0.15, -0.1) is 0 Å². The topological polar surface area (TPSA) is 38.5 Å². The van der Waals surface area contributed by atoms with Crippen LogP contribution in [0.3, 0.4) is 0 Å². The third-order valence-electron chi connectivity index (χ3n) is 8.61. The van der Waals surface area contributed by atoms with Gasteiger partial charge < -0.3 is 10.5 Å². The molecule has 1 aliphatic heterocycles. The maximum absolute atomic E-state index is 6.38. The van der Waals surface area contributed by atoms with E-state index >= 15 is 0 Å². The molecule has 0 spiro atoms. The lowest BCUT2D eigenvalue weighted by Crippen LogP contribution is -2.46. The summed E-state index contributed by atoms with van der Waals surface area (Å²) in [6, 6.07) is 0.484. The monoisotopic (exact) mass is 347 g/mol. The SMILES string of the molecule is CC.CC1CCC2C(CCC3CC(C4CCC(N)CC4)C4OC4C32)C1. The van der Waals surface area contributed by atoms with Crippen LogP contribution in [-0.4, -0.2) is 18.2 Å². The van der Waals surface area contributed by atoms with Crippen LogP contribution in [0.15, 0.2) is 0 Å². The van der Waals surface area contributed by atoms with Gasteiger partial charge >= 0.3 is 0 Å². The van der Waals surface area contributed by atoms with Crippen molar-refractivity contribution >= 4 is 0 Å². The molecule has 1 saturated heterocycles. The normalized spacial score (nSPS) is 54.2. The molecule has 5 rings (SSSR count). The van der Waals surface area contributed by atoms with Gasteiger partial charge in [0.2, 0.25) is 0 Å². The van der Waals surface area contributed by atoms with Gasteiger partial charge in [-0.05, 0) is 99.2 Å². The Kier molecular flexibility index (Phi) is 5.49. The number of ether oxygens (including phenoxy) is 1. The smallest absolute Gasteiger partial charge is 0.0878 e. The molecule has 0 aromatic heterocycles. The summed E-state index contributed by atoms with van der Waals surface area (Å²) in [6.45, 7) is 6.48. The highest BCUT2D eigenvalue weighted by atomic mass is 16.6. The van der Waals surface area contributed by atoms with Gasteiger partial charge in [0.15, 0.2) is 0 Å². The highest BCUT2D eigenvalue weighted by Gasteiger charge is 2.61. The first-order chi connectivity index (χ1) is 12.2. The van der Waals surface area contributed by atoms with Crippen molar-refractivity contribution in [3.8, 4) is 0 Å². The number of epoxide rings is 1. The fourth-order valence-corrected chi connectivity index (χ4v) is 7.43. The van der Waals surface area contributed by atoms with Crippen molar-refractivity contribution in [2.75, 3.05) is 0 Å². The number of fused-ring (bicyclic) bond motifs is 5. The van der Waals surface area contributed by atoms with E-state index in [1.54, 1.807) is 0 Å². The minimum atomic E-state index is 0.484. The zero-order chi connectivity index (χ0) is 17.6. The van der Waals surface area contributed by atoms with Crippen LogP contribution in [0.5, 0.6) is 0 Å². The van der Waals surface area contributed by atoms with Crippen LogP contribution in [0.2, 0.25) is 0 Å². The molecule has 4 saturated carbocycles. The number of hydrogen-bond donors (Lipinski definition) is 1. The van der Waals surface area contributed by atoms with Crippen molar-refractivity contribution in [2.24, 2.45) is 47.2 Å². The molecule has 8 unspecified atom stereocenters. The molecule has 25 heavy (non-hydrogen) atoms. The Morgan fingerprint density at radius 3 is 2.12 bits per heavy atom.